The van der Waals surface area contributed by atoms with Gasteiger partial charge in [0.2, 0.25) is 0 Å². The molecule has 122 valence electrons. The Labute approximate surface area is 148 Å². The summed E-state index contributed by atoms with van der Waals surface area (Å²) in [5.74, 6) is 0. The average molecular weight is 334 g/mol. The fourth-order valence-electron chi connectivity index (χ4n) is 3.81. The number of rotatable bonds is 1. The summed E-state index contributed by atoms with van der Waals surface area (Å²) in [6, 6.07) is 21.4. The first-order chi connectivity index (χ1) is 12.9. The van der Waals surface area contributed by atoms with Crippen molar-refractivity contribution >= 4 is 43.9 Å². The van der Waals surface area contributed by atoms with Gasteiger partial charge in [0.1, 0.15) is 5.52 Å². The third-order valence-electron chi connectivity index (χ3n) is 5.07. The second-order valence-corrected chi connectivity index (χ2v) is 6.57. The number of fused-ring (bicyclic) bond motifs is 6. The molecule has 3 aromatic heterocycles. The van der Waals surface area contributed by atoms with E-state index in [1.807, 2.05) is 0 Å². The zero-order chi connectivity index (χ0) is 17.1. The summed E-state index contributed by atoms with van der Waals surface area (Å²) in [5, 5.41) is 3.60. The first-order valence-corrected chi connectivity index (χ1v) is 8.60. The summed E-state index contributed by atoms with van der Waals surface area (Å²) in [6.07, 6.45) is 3.45. The van der Waals surface area contributed by atoms with Gasteiger partial charge in [0.25, 0.3) is 0 Å². The zero-order valence-corrected chi connectivity index (χ0v) is 13.8. The first-order valence-electron chi connectivity index (χ1n) is 8.60. The molecule has 6 rings (SSSR count). The van der Waals surface area contributed by atoms with Crippen LogP contribution < -0.4 is 0 Å². The van der Waals surface area contributed by atoms with Crippen molar-refractivity contribution in [1.29, 1.82) is 0 Å². The van der Waals surface area contributed by atoms with Crippen LogP contribution in [0, 0.1) is 0 Å². The number of nitrogens with zero attached hydrogens (tertiary/aromatic N) is 2. The predicted octanol–water partition coefficient (Wildman–Crippen LogP) is 5.41. The predicted molar refractivity (Wildman–Crippen MR) is 106 cm³/mol. The molecule has 6 aromatic rings. The summed E-state index contributed by atoms with van der Waals surface area (Å²) in [6.45, 7) is 0. The molecule has 0 spiro atoms. The second-order valence-electron chi connectivity index (χ2n) is 6.57. The van der Waals surface area contributed by atoms with Crippen molar-refractivity contribution in [2.45, 2.75) is 0 Å². The highest BCUT2D eigenvalue weighted by Crippen LogP contribution is 2.32. The van der Waals surface area contributed by atoms with Gasteiger partial charge in [0.05, 0.1) is 0 Å². The summed E-state index contributed by atoms with van der Waals surface area (Å²) in [7, 11) is 0. The Kier molecular flexibility index (Phi) is 2.58. The maximum atomic E-state index is 4.49. The van der Waals surface area contributed by atoms with Crippen molar-refractivity contribution in [3.05, 3.63) is 73.1 Å². The molecular formula is C22H14N4. The van der Waals surface area contributed by atoms with E-state index in [2.05, 4.69) is 80.6 Å². The van der Waals surface area contributed by atoms with Gasteiger partial charge in [-0.2, -0.15) is 0 Å². The van der Waals surface area contributed by atoms with Crippen molar-refractivity contribution < 1.29 is 0 Å². The molecule has 0 aliphatic carbocycles. The minimum absolute atomic E-state index is 0.826. The Morgan fingerprint density at radius 1 is 0.577 bits per heavy atom. The second kappa shape index (κ2) is 4.92. The van der Waals surface area contributed by atoms with Crippen molar-refractivity contribution in [1.82, 2.24) is 19.9 Å². The lowest BCUT2D eigenvalue weighted by Gasteiger charge is -2.03. The highest BCUT2D eigenvalue weighted by atomic mass is 14.9. The lowest BCUT2D eigenvalue weighted by atomic mass is 10.0. The van der Waals surface area contributed by atoms with E-state index in [-0.39, 0.29) is 0 Å². The maximum Gasteiger partial charge on any atom is 0.157 e. The maximum absolute atomic E-state index is 4.49. The van der Waals surface area contributed by atoms with E-state index in [9.17, 15) is 0 Å². The first kappa shape index (κ1) is 13.6. The van der Waals surface area contributed by atoms with Crippen molar-refractivity contribution in [2.24, 2.45) is 0 Å². The Bertz CT molecular complexity index is 1330. The van der Waals surface area contributed by atoms with Crippen LogP contribution in [0.1, 0.15) is 0 Å². The number of aromatic nitrogens is 4. The van der Waals surface area contributed by atoms with Crippen molar-refractivity contribution in [3.8, 4) is 11.1 Å². The van der Waals surface area contributed by atoms with Gasteiger partial charge in [-0.1, -0.05) is 30.3 Å². The normalized spacial score (nSPS) is 11.8. The number of benzene rings is 3. The SMILES string of the molecule is c1ccc2c(c1)[nH]c1ccc(-c3ccc4[nH]c5nccnc5c4c3)cc12. The lowest BCUT2D eigenvalue weighted by molar-refractivity contribution is 1.27. The van der Waals surface area contributed by atoms with E-state index in [1.54, 1.807) is 12.4 Å². The quantitative estimate of drug-likeness (QED) is 0.422. The van der Waals surface area contributed by atoms with E-state index < -0.39 is 0 Å². The molecule has 26 heavy (non-hydrogen) atoms. The van der Waals surface area contributed by atoms with Gasteiger partial charge in [0.15, 0.2) is 5.65 Å². The van der Waals surface area contributed by atoms with Gasteiger partial charge >= 0.3 is 0 Å². The van der Waals surface area contributed by atoms with Crippen LogP contribution in [0.15, 0.2) is 73.1 Å². The van der Waals surface area contributed by atoms with Gasteiger partial charge in [-0.25, -0.2) is 4.98 Å². The zero-order valence-electron chi connectivity index (χ0n) is 13.8. The molecular weight excluding hydrogens is 320 g/mol. The van der Waals surface area contributed by atoms with Crippen LogP contribution in [0.2, 0.25) is 0 Å². The Morgan fingerprint density at radius 3 is 2.15 bits per heavy atom. The Hall–Kier alpha value is -3.66. The van der Waals surface area contributed by atoms with Gasteiger partial charge < -0.3 is 9.97 Å². The van der Waals surface area contributed by atoms with Crippen LogP contribution in [0.25, 0.3) is 55.0 Å². The van der Waals surface area contributed by atoms with Gasteiger partial charge in [-0.3, -0.25) is 4.98 Å². The Balaban J connectivity index is 1.61. The third-order valence-corrected chi connectivity index (χ3v) is 5.07. The number of para-hydroxylation sites is 1. The van der Waals surface area contributed by atoms with Crippen LogP contribution in [0.5, 0.6) is 0 Å². The summed E-state index contributed by atoms with van der Waals surface area (Å²) < 4.78 is 0. The number of nitrogens with one attached hydrogen (secondary N) is 2. The molecule has 0 amide bonds. The molecule has 0 bridgehead atoms. The summed E-state index contributed by atoms with van der Waals surface area (Å²) >= 11 is 0. The van der Waals surface area contributed by atoms with Crippen LogP contribution >= 0.6 is 0 Å². The highest BCUT2D eigenvalue weighted by Gasteiger charge is 2.09. The summed E-state index contributed by atoms with van der Waals surface area (Å²) in [4.78, 5) is 15.7. The van der Waals surface area contributed by atoms with Gasteiger partial charge in [-0.05, 0) is 41.5 Å². The van der Waals surface area contributed by atoms with Crippen molar-refractivity contribution in [3.63, 3.8) is 0 Å². The minimum Gasteiger partial charge on any atom is -0.355 e. The molecule has 4 heteroatoms. The molecule has 4 nitrogen and oxygen atoms in total. The third kappa shape index (κ3) is 1.84. The van der Waals surface area contributed by atoms with E-state index in [0.29, 0.717) is 0 Å². The minimum atomic E-state index is 0.826. The monoisotopic (exact) mass is 334 g/mol. The Morgan fingerprint density at radius 2 is 1.27 bits per heavy atom. The lowest BCUT2D eigenvalue weighted by Crippen LogP contribution is -1.79. The number of aromatic amines is 2. The average Bonchev–Trinajstić information content (AvgIpc) is 3.25. The number of hydrogen-bond donors (Lipinski definition) is 2. The fraction of sp³-hybridized carbons (Fsp3) is 0. The topological polar surface area (TPSA) is 57.4 Å². The van der Waals surface area contributed by atoms with Crippen LogP contribution in [0.3, 0.4) is 0 Å². The van der Waals surface area contributed by atoms with E-state index in [1.165, 1.54) is 27.4 Å². The van der Waals surface area contributed by atoms with E-state index >= 15 is 0 Å². The van der Waals surface area contributed by atoms with Gasteiger partial charge in [-0.15, -0.1) is 0 Å². The standard InChI is InChI=1S/C22H14N4/c1-2-4-18-15(3-1)16-11-13(5-7-19(16)25-18)14-6-8-20-17(12-14)21-22(26-20)24-10-9-23-21/h1-12,25H,(H,24,26). The fourth-order valence-corrected chi connectivity index (χ4v) is 3.81. The summed E-state index contributed by atoms with van der Waals surface area (Å²) in [5.41, 5.74) is 7.50. The van der Waals surface area contributed by atoms with Crippen LogP contribution in [-0.4, -0.2) is 19.9 Å². The number of H-pyrrole nitrogens is 2. The molecule has 0 saturated carbocycles. The molecule has 0 saturated heterocycles. The molecule has 0 aliphatic rings. The molecule has 0 unspecified atom stereocenters. The largest absolute Gasteiger partial charge is 0.355 e. The van der Waals surface area contributed by atoms with E-state index in [4.69, 9.17) is 0 Å². The van der Waals surface area contributed by atoms with E-state index in [0.717, 1.165) is 27.6 Å². The van der Waals surface area contributed by atoms with Gasteiger partial charge in [0, 0.05) is 45.1 Å². The van der Waals surface area contributed by atoms with Crippen LogP contribution in [-0.2, 0) is 0 Å². The smallest absolute Gasteiger partial charge is 0.157 e. The number of hydrogen-bond acceptors (Lipinski definition) is 2. The molecule has 3 aromatic carbocycles. The molecule has 0 radical (unpaired) electrons. The highest BCUT2D eigenvalue weighted by molar-refractivity contribution is 6.09. The molecule has 3 heterocycles. The molecule has 0 aliphatic heterocycles. The molecule has 2 N–H and O–H groups in total. The van der Waals surface area contributed by atoms with Crippen LogP contribution in [0.4, 0.5) is 0 Å². The van der Waals surface area contributed by atoms with Crippen molar-refractivity contribution in [2.75, 3.05) is 0 Å². The molecule has 0 atom stereocenters. The molecule has 0 fully saturated rings.